The first kappa shape index (κ1) is 21.3. The Kier molecular flexibility index (Phi) is 8.91. The van der Waals surface area contributed by atoms with Crippen LogP contribution in [-0.2, 0) is 4.79 Å². The second-order valence-corrected chi connectivity index (χ2v) is 6.70. The van der Waals surface area contributed by atoms with Crippen molar-refractivity contribution >= 4 is 24.1 Å². The van der Waals surface area contributed by atoms with Gasteiger partial charge >= 0.3 is 0 Å². The Balaban J connectivity index is 2.10. The van der Waals surface area contributed by atoms with Gasteiger partial charge in [-0.2, -0.15) is 0 Å². The van der Waals surface area contributed by atoms with Gasteiger partial charge in [-0.25, -0.2) is 9.97 Å². The highest BCUT2D eigenvalue weighted by atomic mass is 16.1. The van der Waals surface area contributed by atoms with Crippen LogP contribution in [-0.4, -0.2) is 40.1 Å². The molecule has 1 saturated carbocycles. The maximum absolute atomic E-state index is 11.2. The van der Waals surface area contributed by atoms with E-state index in [1.54, 1.807) is 29.7 Å². The van der Waals surface area contributed by atoms with Crippen molar-refractivity contribution in [2.45, 2.75) is 52.0 Å². The van der Waals surface area contributed by atoms with Gasteiger partial charge < -0.3 is 16.0 Å². The maximum atomic E-state index is 11.2. The standard InChI is InChI=1S/C21H30N6O/c1-3-7-20(15-27(16-28)10-4-2)23-12-17(11-22)18-13-24-21(25-14-18)26-19-8-5-6-9-19/h3,7,11-16,19H,4-6,8-10,22H2,1-2H3,(H,24,25,26)/b7-3-,17-11+,20-15+,23-12+. The first-order chi connectivity index (χ1) is 13.7. The Bertz CT molecular complexity index is 730. The lowest BCUT2D eigenvalue weighted by Crippen LogP contribution is -2.16. The molecule has 1 aliphatic rings. The van der Waals surface area contributed by atoms with Crippen molar-refractivity contribution in [1.29, 1.82) is 0 Å². The van der Waals surface area contributed by atoms with Gasteiger partial charge in [-0.1, -0.05) is 25.8 Å². The largest absolute Gasteiger partial charge is 0.404 e. The van der Waals surface area contributed by atoms with Gasteiger partial charge in [0, 0.05) is 54.7 Å². The number of aliphatic imine (C=N–C) groups is 1. The first-order valence-electron chi connectivity index (χ1n) is 9.80. The molecular weight excluding hydrogens is 352 g/mol. The minimum atomic E-state index is 0.467. The number of anilines is 1. The van der Waals surface area contributed by atoms with E-state index in [0.29, 0.717) is 29.8 Å². The van der Waals surface area contributed by atoms with Crippen molar-refractivity contribution < 1.29 is 4.79 Å². The molecule has 3 N–H and O–H groups in total. The summed E-state index contributed by atoms with van der Waals surface area (Å²) in [5.41, 5.74) is 7.92. The van der Waals surface area contributed by atoms with E-state index in [1.807, 2.05) is 26.0 Å². The lowest BCUT2D eigenvalue weighted by atomic mass is 10.1. The summed E-state index contributed by atoms with van der Waals surface area (Å²) in [5, 5.41) is 3.37. The Morgan fingerprint density at radius 2 is 2.07 bits per heavy atom. The third kappa shape index (κ3) is 6.64. The van der Waals surface area contributed by atoms with Crippen LogP contribution in [0.15, 0.2) is 47.6 Å². The monoisotopic (exact) mass is 382 g/mol. The molecule has 2 rings (SSSR count). The van der Waals surface area contributed by atoms with E-state index in [2.05, 4.69) is 20.3 Å². The van der Waals surface area contributed by atoms with Crippen molar-refractivity contribution in [2.24, 2.45) is 10.7 Å². The predicted molar refractivity (Wildman–Crippen MR) is 115 cm³/mol. The van der Waals surface area contributed by atoms with Crippen LogP contribution in [0.1, 0.15) is 51.5 Å². The number of rotatable bonds is 10. The molecule has 1 aromatic heterocycles. The van der Waals surface area contributed by atoms with Crippen LogP contribution in [0, 0.1) is 0 Å². The lowest BCUT2D eigenvalue weighted by molar-refractivity contribution is -0.115. The van der Waals surface area contributed by atoms with Gasteiger partial charge in [0.05, 0.1) is 5.70 Å². The van der Waals surface area contributed by atoms with E-state index >= 15 is 0 Å². The second-order valence-electron chi connectivity index (χ2n) is 6.70. The lowest BCUT2D eigenvalue weighted by Gasteiger charge is -2.12. The minimum Gasteiger partial charge on any atom is -0.404 e. The molecule has 7 nitrogen and oxygen atoms in total. The number of carbonyl (C=O) groups is 1. The molecule has 0 aliphatic heterocycles. The average Bonchev–Trinajstić information content (AvgIpc) is 3.22. The third-order valence-electron chi connectivity index (χ3n) is 4.46. The number of nitrogens with one attached hydrogen (secondary N) is 1. The van der Waals surface area contributed by atoms with Crippen LogP contribution >= 0.6 is 0 Å². The van der Waals surface area contributed by atoms with Gasteiger partial charge in [0.2, 0.25) is 12.4 Å². The number of carbonyl (C=O) groups excluding carboxylic acids is 1. The zero-order valence-electron chi connectivity index (χ0n) is 16.7. The van der Waals surface area contributed by atoms with Crippen LogP contribution in [0.3, 0.4) is 0 Å². The van der Waals surface area contributed by atoms with E-state index in [-0.39, 0.29) is 0 Å². The van der Waals surface area contributed by atoms with Crippen LogP contribution in [0.4, 0.5) is 5.95 Å². The predicted octanol–water partition coefficient (Wildman–Crippen LogP) is 3.49. The highest BCUT2D eigenvalue weighted by Crippen LogP contribution is 2.21. The Labute approximate surface area is 167 Å². The molecule has 0 unspecified atom stereocenters. The van der Waals surface area contributed by atoms with E-state index in [4.69, 9.17) is 5.73 Å². The summed E-state index contributed by atoms with van der Waals surface area (Å²) in [5.74, 6) is 0.639. The molecule has 1 amide bonds. The molecule has 1 fully saturated rings. The molecule has 0 atom stereocenters. The fourth-order valence-electron chi connectivity index (χ4n) is 3.03. The van der Waals surface area contributed by atoms with Crippen molar-refractivity contribution in [3.05, 3.63) is 48.2 Å². The van der Waals surface area contributed by atoms with Gasteiger partial charge in [0.1, 0.15) is 0 Å². The molecule has 0 radical (unpaired) electrons. The van der Waals surface area contributed by atoms with Crippen molar-refractivity contribution in [2.75, 3.05) is 11.9 Å². The Morgan fingerprint density at radius 3 is 2.64 bits per heavy atom. The smallest absolute Gasteiger partial charge is 0.222 e. The van der Waals surface area contributed by atoms with E-state index in [9.17, 15) is 4.79 Å². The molecule has 1 aliphatic carbocycles. The molecule has 0 aromatic carbocycles. The number of allylic oxidation sites excluding steroid dienone is 3. The number of nitrogens with two attached hydrogens (primary N) is 1. The summed E-state index contributed by atoms with van der Waals surface area (Å²) >= 11 is 0. The van der Waals surface area contributed by atoms with E-state index in [0.717, 1.165) is 18.4 Å². The van der Waals surface area contributed by atoms with Crippen LogP contribution in [0.25, 0.3) is 5.57 Å². The van der Waals surface area contributed by atoms with Crippen LogP contribution < -0.4 is 11.1 Å². The molecular formula is C21H30N6O. The molecule has 0 bridgehead atoms. The highest BCUT2D eigenvalue weighted by Gasteiger charge is 2.15. The van der Waals surface area contributed by atoms with Gasteiger partial charge in [0.25, 0.3) is 0 Å². The summed E-state index contributed by atoms with van der Waals surface area (Å²) in [7, 11) is 0. The number of hydrogen-bond acceptors (Lipinski definition) is 6. The van der Waals surface area contributed by atoms with E-state index < -0.39 is 0 Å². The fraction of sp³-hybridized carbons (Fsp3) is 0.429. The van der Waals surface area contributed by atoms with Gasteiger partial charge in [-0.05, 0) is 32.3 Å². The maximum Gasteiger partial charge on any atom is 0.222 e. The van der Waals surface area contributed by atoms with Crippen molar-refractivity contribution in [3.8, 4) is 0 Å². The normalized spacial score (nSPS) is 16.2. The third-order valence-corrected chi connectivity index (χ3v) is 4.46. The molecule has 0 saturated heterocycles. The van der Waals surface area contributed by atoms with Crippen LogP contribution in [0.5, 0.6) is 0 Å². The highest BCUT2D eigenvalue weighted by molar-refractivity contribution is 6.09. The molecule has 1 heterocycles. The minimum absolute atomic E-state index is 0.467. The summed E-state index contributed by atoms with van der Waals surface area (Å²) in [6.45, 7) is 4.56. The molecule has 0 spiro atoms. The summed E-state index contributed by atoms with van der Waals surface area (Å²) in [6.07, 6.45) is 18.6. The zero-order valence-corrected chi connectivity index (χ0v) is 16.7. The summed E-state index contributed by atoms with van der Waals surface area (Å²) < 4.78 is 0. The molecule has 28 heavy (non-hydrogen) atoms. The summed E-state index contributed by atoms with van der Waals surface area (Å²) in [4.78, 5) is 26.0. The van der Waals surface area contributed by atoms with Gasteiger partial charge in [-0.15, -0.1) is 0 Å². The number of amides is 1. The SMILES string of the molecule is C\C=C/C(=C\N(C=O)CCC)/N=C/C(=C\N)c1cnc(NC2CCCC2)nc1. The van der Waals surface area contributed by atoms with Crippen LogP contribution in [0.2, 0.25) is 0 Å². The Morgan fingerprint density at radius 1 is 1.36 bits per heavy atom. The number of nitrogens with zero attached hydrogens (tertiary/aromatic N) is 4. The number of aromatic nitrogens is 2. The quantitative estimate of drug-likeness (QED) is 0.367. The van der Waals surface area contributed by atoms with Gasteiger partial charge in [-0.3, -0.25) is 9.79 Å². The summed E-state index contributed by atoms with van der Waals surface area (Å²) in [6, 6.07) is 0.467. The van der Waals surface area contributed by atoms with E-state index in [1.165, 1.54) is 31.9 Å². The van der Waals surface area contributed by atoms with Crippen molar-refractivity contribution in [3.63, 3.8) is 0 Å². The van der Waals surface area contributed by atoms with Crippen molar-refractivity contribution in [1.82, 2.24) is 14.9 Å². The first-order valence-corrected chi connectivity index (χ1v) is 9.80. The zero-order chi connectivity index (χ0) is 20.2. The molecule has 1 aromatic rings. The second kappa shape index (κ2) is 11.7. The fourth-order valence-corrected chi connectivity index (χ4v) is 3.03. The Hall–Kier alpha value is -2.96. The molecule has 7 heteroatoms. The number of hydrogen-bond donors (Lipinski definition) is 2. The van der Waals surface area contributed by atoms with Gasteiger partial charge in [0.15, 0.2) is 0 Å². The molecule has 150 valence electrons. The topological polar surface area (TPSA) is 96.5 Å². The average molecular weight is 383 g/mol.